The first kappa shape index (κ1) is 14.9. The minimum absolute atomic E-state index is 0.239. The lowest BCUT2D eigenvalue weighted by atomic mass is 10.1. The molecule has 0 amide bonds. The Morgan fingerprint density at radius 2 is 0.913 bits per heavy atom. The summed E-state index contributed by atoms with van der Waals surface area (Å²) < 4.78 is 0. The van der Waals surface area contributed by atoms with Crippen molar-refractivity contribution in [3.8, 4) is 0 Å². The second-order valence-corrected chi connectivity index (χ2v) is 5.16. The highest BCUT2D eigenvalue weighted by Gasteiger charge is 2.05. The van der Waals surface area contributed by atoms with E-state index in [-0.39, 0.29) is 6.17 Å². The molecule has 3 rings (SSSR count). The Morgan fingerprint density at radius 1 is 0.522 bits per heavy atom. The maximum absolute atomic E-state index is 4.66. The van der Waals surface area contributed by atoms with Crippen molar-refractivity contribution >= 4 is 12.4 Å². The molecular formula is C21H18N2. The van der Waals surface area contributed by atoms with Gasteiger partial charge in [-0.3, -0.25) is 9.98 Å². The van der Waals surface area contributed by atoms with E-state index in [0.29, 0.717) is 0 Å². The standard InChI is InChI=1S/C21H18N2/c1-4-10-18(11-5-1)16-22-21(20-14-8-3-9-15-20)23-17-19-12-6-2-7-13-19/h1-17,21H/b22-16-,23-17+. The summed E-state index contributed by atoms with van der Waals surface area (Å²) in [6, 6.07) is 30.3. The van der Waals surface area contributed by atoms with Crippen molar-refractivity contribution in [2.45, 2.75) is 6.17 Å². The highest BCUT2D eigenvalue weighted by atomic mass is 15.0. The summed E-state index contributed by atoms with van der Waals surface area (Å²) >= 11 is 0. The highest BCUT2D eigenvalue weighted by Crippen LogP contribution is 2.18. The molecular weight excluding hydrogens is 280 g/mol. The van der Waals surface area contributed by atoms with E-state index >= 15 is 0 Å². The summed E-state index contributed by atoms with van der Waals surface area (Å²) in [6.07, 6.45) is 3.51. The summed E-state index contributed by atoms with van der Waals surface area (Å²) in [7, 11) is 0. The Balaban J connectivity index is 1.85. The zero-order valence-corrected chi connectivity index (χ0v) is 12.8. The fourth-order valence-electron chi connectivity index (χ4n) is 2.23. The van der Waals surface area contributed by atoms with Gasteiger partial charge in [-0.05, 0) is 16.7 Å². The minimum atomic E-state index is -0.239. The molecule has 0 spiro atoms. The third-order valence-electron chi connectivity index (χ3n) is 3.43. The van der Waals surface area contributed by atoms with Gasteiger partial charge in [0.1, 0.15) is 0 Å². The lowest BCUT2D eigenvalue weighted by molar-refractivity contribution is 0.787. The van der Waals surface area contributed by atoms with Crippen LogP contribution in [0, 0.1) is 0 Å². The van der Waals surface area contributed by atoms with Gasteiger partial charge in [-0.1, -0.05) is 91.0 Å². The van der Waals surface area contributed by atoms with Crippen molar-refractivity contribution in [2.24, 2.45) is 9.98 Å². The SMILES string of the molecule is C(=N/C(/N=C/c1ccccc1)c1ccccc1)/c1ccccc1. The van der Waals surface area contributed by atoms with E-state index in [2.05, 4.69) is 22.1 Å². The van der Waals surface area contributed by atoms with Crippen molar-refractivity contribution in [1.29, 1.82) is 0 Å². The van der Waals surface area contributed by atoms with Crippen LogP contribution >= 0.6 is 0 Å². The van der Waals surface area contributed by atoms with E-state index in [4.69, 9.17) is 0 Å². The molecule has 0 saturated heterocycles. The van der Waals surface area contributed by atoms with Gasteiger partial charge in [0.15, 0.2) is 6.17 Å². The van der Waals surface area contributed by atoms with Gasteiger partial charge in [0.25, 0.3) is 0 Å². The summed E-state index contributed by atoms with van der Waals surface area (Å²) in [5.74, 6) is 0. The van der Waals surface area contributed by atoms with Gasteiger partial charge in [0.05, 0.1) is 0 Å². The molecule has 3 aromatic carbocycles. The number of benzene rings is 3. The Morgan fingerprint density at radius 3 is 1.35 bits per heavy atom. The number of hydrogen-bond acceptors (Lipinski definition) is 2. The van der Waals surface area contributed by atoms with Crippen LogP contribution in [0.1, 0.15) is 22.9 Å². The number of hydrogen-bond donors (Lipinski definition) is 0. The molecule has 112 valence electrons. The molecule has 0 radical (unpaired) electrons. The van der Waals surface area contributed by atoms with Crippen LogP contribution in [-0.4, -0.2) is 12.4 Å². The van der Waals surface area contributed by atoms with Crippen LogP contribution in [0.25, 0.3) is 0 Å². The Kier molecular flexibility index (Phi) is 5.09. The van der Waals surface area contributed by atoms with E-state index in [1.165, 1.54) is 0 Å². The highest BCUT2D eigenvalue weighted by molar-refractivity contribution is 5.81. The van der Waals surface area contributed by atoms with Gasteiger partial charge in [0.2, 0.25) is 0 Å². The van der Waals surface area contributed by atoms with Crippen LogP contribution in [0.4, 0.5) is 0 Å². The molecule has 0 bridgehead atoms. The number of nitrogens with zero attached hydrogens (tertiary/aromatic N) is 2. The van der Waals surface area contributed by atoms with Crippen molar-refractivity contribution in [1.82, 2.24) is 0 Å². The van der Waals surface area contributed by atoms with Crippen molar-refractivity contribution in [2.75, 3.05) is 0 Å². The molecule has 0 aliphatic heterocycles. The van der Waals surface area contributed by atoms with Crippen molar-refractivity contribution < 1.29 is 0 Å². The molecule has 0 fully saturated rings. The normalized spacial score (nSPS) is 12.7. The first-order valence-electron chi connectivity index (χ1n) is 7.63. The third-order valence-corrected chi connectivity index (χ3v) is 3.43. The summed E-state index contributed by atoms with van der Waals surface area (Å²) in [5.41, 5.74) is 3.22. The Bertz CT molecular complexity index is 713. The number of aliphatic imine (C=N–C) groups is 2. The van der Waals surface area contributed by atoms with E-state index in [0.717, 1.165) is 16.7 Å². The van der Waals surface area contributed by atoms with Gasteiger partial charge in [-0.2, -0.15) is 0 Å². The molecule has 0 N–H and O–H groups in total. The van der Waals surface area contributed by atoms with Gasteiger partial charge in [-0.25, -0.2) is 0 Å². The lowest BCUT2D eigenvalue weighted by Gasteiger charge is -2.07. The number of rotatable bonds is 5. The molecule has 3 aromatic rings. The van der Waals surface area contributed by atoms with Crippen LogP contribution in [0.15, 0.2) is 101 Å². The van der Waals surface area contributed by atoms with Gasteiger partial charge >= 0.3 is 0 Å². The maximum atomic E-state index is 4.66. The topological polar surface area (TPSA) is 24.7 Å². The molecule has 0 aliphatic rings. The molecule has 0 aromatic heterocycles. The van der Waals surface area contributed by atoms with E-state index in [1.54, 1.807) is 0 Å². The monoisotopic (exact) mass is 298 g/mol. The van der Waals surface area contributed by atoms with Gasteiger partial charge in [0, 0.05) is 12.4 Å². The molecule has 23 heavy (non-hydrogen) atoms. The molecule has 2 heteroatoms. The van der Waals surface area contributed by atoms with Crippen LogP contribution in [0.3, 0.4) is 0 Å². The molecule has 1 atom stereocenters. The summed E-state index contributed by atoms with van der Waals surface area (Å²) in [5, 5.41) is 0. The zero-order chi connectivity index (χ0) is 15.7. The van der Waals surface area contributed by atoms with E-state index in [1.807, 2.05) is 91.3 Å². The Hall–Kier alpha value is -3.00. The second kappa shape index (κ2) is 7.85. The quantitative estimate of drug-likeness (QED) is 0.597. The molecule has 2 nitrogen and oxygen atoms in total. The minimum Gasteiger partial charge on any atom is -0.261 e. The van der Waals surface area contributed by atoms with Crippen molar-refractivity contribution in [3.63, 3.8) is 0 Å². The summed E-state index contributed by atoms with van der Waals surface area (Å²) in [6.45, 7) is 0. The largest absolute Gasteiger partial charge is 0.261 e. The first-order valence-corrected chi connectivity index (χ1v) is 7.63. The van der Waals surface area contributed by atoms with Crippen LogP contribution < -0.4 is 0 Å². The predicted molar refractivity (Wildman–Crippen MR) is 97.3 cm³/mol. The molecule has 0 aliphatic carbocycles. The van der Waals surface area contributed by atoms with Crippen LogP contribution in [0.5, 0.6) is 0 Å². The average molecular weight is 298 g/mol. The maximum Gasteiger partial charge on any atom is 0.165 e. The first-order chi connectivity index (χ1) is 11.4. The van der Waals surface area contributed by atoms with Crippen molar-refractivity contribution in [3.05, 3.63) is 108 Å². The van der Waals surface area contributed by atoms with E-state index < -0.39 is 0 Å². The predicted octanol–water partition coefficient (Wildman–Crippen LogP) is 4.92. The molecule has 0 heterocycles. The average Bonchev–Trinajstić information content (AvgIpc) is 2.64. The van der Waals surface area contributed by atoms with Crippen LogP contribution in [-0.2, 0) is 0 Å². The smallest absolute Gasteiger partial charge is 0.165 e. The Labute approximate surface area is 136 Å². The third kappa shape index (κ3) is 4.48. The fourth-order valence-corrected chi connectivity index (χ4v) is 2.23. The van der Waals surface area contributed by atoms with E-state index in [9.17, 15) is 0 Å². The zero-order valence-electron chi connectivity index (χ0n) is 12.8. The summed E-state index contributed by atoms with van der Waals surface area (Å²) in [4.78, 5) is 9.31. The lowest BCUT2D eigenvalue weighted by Crippen LogP contribution is -1.94. The molecule has 0 saturated carbocycles. The van der Waals surface area contributed by atoms with Gasteiger partial charge < -0.3 is 0 Å². The second-order valence-electron chi connectivity index (χ2n) is 5.16. The molecule has 1 unspecified atom stereocenters. The van der Waals surface area contributed by atoms with Gasteiger partial charge in [-0.15, -0.1) is 0 Å². The fraction of sp³-hybridized carbons (Fsp3) is 0.0476. The van der Waals surface area contributed by atoms with Crippen LogP contribution in [0.2, 0.25) is 0 Å².